The van der Waals surface area contributed by atoms with Crippen LogP contribution in [0.15, 0.2) is 42.5 Å². The molecule has 12 heteroatoms. The fourth-order valence-electron chi connectivity index (χ4n) is 2.52. The van der Waals surface area contributed by atoms with E-state index >= 15 is 0 Å². The van der Waals surface area contributed by atoms with Gasteiger partial charge in [-0.2, -0.15) is 5.10 Å². The molecule has 0 fully saturated rings. The van der Waals surface area contributed by atoms with Crippen molar-refractivity contribution in [3.63, 3.8) is 0 Å². The minimum absolute atomic E-state index is 0.0896. The Morgan fingerprint density at radius 1 is 1.03 bits per heavy atom. The molecular formula is C22H21ClF2N4O5. The minimum Gasteiger partial charge on any atom is -0.478 e. The number of carbonyl (C=O) groups excluding carboxylic acids is 1. The van der Waals surface area contributed by atoms with Gasteiger partial charge in [0.05, 0.1) is 16.1 Å². The highest BCUT2D eigenvalue weighted by Gasteiger charge is 2.17. The van der Waals surface area contributed by atoms with Gasteiger partial charge in [-0.1, -0.05) is 24.9 Å². The van der Waals surface area contributed by atoms with Crippen LogP contribution >= 0.6 is 11.6 Å². The first kappa shape index (κ1) is 26.3. The lowest BCUT2D eigenvalue weighted by Gasteiger charge is -2.04. The molecule has 3 rings (SSSR count). The number of aromatic nitrogens is 2. The molecule has 1 amide bonds. The summed E-state index contributed by atoms with van der Waals surface area (Å²) < 4.78 is 25.9. The molecule has 34 heavy (non-hydrogen) atoms. The molecule has 0 saturated heterocycles. The second-order valence-corrected chi connectivity index (χ2v) is 7.24. The topological polar surface area (TPSA) is 144 Å². The van der Waals surface area contributed by atoms with E-state index in [1.807, 2.05) is 0 Å². The van der Waals surface area contributed by atoms with E-state index in [2.05, 4.69) is 27.8 Å². The standard InChI is InChI=1S/C11H6ClF2N3O3.C11H15NO2/c12-5-2-7(14)6(13)1-4(5)10(18)15-9-3-8(11(19)20)16-17-9;1-2-3-8-12-10-6-4-9(5-7-10)11(13)14/h1-3H,(H,19,20)(H2,15,16,17,18);4-7,12H,2-3,8H2,1H3,(H,13,14). The van der Waals surface area contributed by atoms with Crippen molar-refractivity contribution >= 4 is 41.0 Å². The number of aromatic carboxylic acids is 2. The highest BCUT2D eigenvalue weighted by molar-refractivity contribution is 6.34. The highest BCUT2D eigenvalue weighted by atomic mass is 35.5. The van der Waals surface area contributed by atoms with Gasteiger partial charge in [0.1, 0.15) is 5.69 Å². The molecule has 0 aliphatic heterocycles. The van der Waals surface area contributed by atoms with Crippen LogP contribution in [-0.4, -0.2) is 44.8 Å². The van der Waals surface area contributed by atoms with Crippen molar-refractivity contribution in [1.82, 2.24) is 10.2 Å². The highest BCUT2D eigenvalue weighted by Crippen LogP contribution is 2.21. The molecule has 0 atom stereocenters. The number of carboxylic acids is 2. The first-order valence-electron chi connectivity index (χ1n) is 9.94. The van der Waals surface area contributed by atoms with Gasteiger partial charge >= 0.3 is 11.9 Å². The van der Waals surface area contributed by atoms with Crippen LogP contribution < -0.4 is 10.6 Å². The number of anilines is 2. The van der Waals surface area contributed by atoms with Crippen LogP contribution in [0.4, 0.5) is 20.3 Å². The number of hydrogen-bond acceptors (Lipinski definition) is 5. The smallest absolute Gasteiger partial charge is 0.353 e. The van der Waals surface area contributed by atoms with Crippen molar-refractivity contribution < 1.29 is 33.4 Å². The normalized spacial score (nSPS) is 10.1. The van der Waals surface area contributed by atoms with Gasteiger partial charge < -0.3 is 20.8 Å². The molecule has 0 unspecified atom stereocenters. The number of hydrogen-bond donors (Lipinski definition) is 5. The second kappa shape index (κ2) is 12.3. The van der Waals surface area contributed by atoms with Gasteiger partial charge in [-0.25, -0.2) is 18.4 Å². The molecule has 1 aromatic heterocycles. The monoisotopic (exact) mass is 494 g/mol. The summed E-state index contributed by atoms with van der Waals surface area (Å²) in [6.07, 6.45) is 2.28. The number of nitrogens with one attached hydrogen (secondary N) is 3. The van der Waals surface area contributed by atoms with Gasteiger partial charge in [0.25, 0.3) is 5.91 Å². The number of carbonyl (C=O) groups is 3. The summed E-state index contributed by atoms with van der Waals surface area (Å²) in [6, 6.07) is 9.16. The zero-order valence-corrected chi connectivity index (χ0v) is 18.6. The number of nitrogens with zero attached hydrogens (tertiary/aromatic N) is 1. The van der Waals surface area contributed by atoms with E-state index in [4.69, 9.17) is 21.8 Å². The third-order valence-electron chi connectivity index (χ3n) is 4.30. The van der Waals surface area contributed by atoms with Gasteiger partial charge in [-0.3, -0.25) is 9.89 Å². The third kappa shape index (κ3) is 7.55. The van der Waals surface area contributed by atoms with E-state index in [0.29, 0.717) is 17.7 Å². The number of rotatable bonds is 8. The first-order chi connectivity index (χ1) is 16.1. The lowest BCUT2D eigenvalue weighted by molar-refractivity contribution is 0.0682. The zero-order chi connectivity index (χ0) is 25.3. The summed E-state index contributed by atoms with van der Waals surface area (Å²) in [5.74, 6) is -5.49. The van der Waals surface area contributed by atoms with Gasteiger partial charge in [-0.05, 0) is 42.8 Å². The Morgan fingerprint density at radius 3 is 2.24 bits per heavy atom. The van der Waals surface area contributed by atoms with E-state index < -0.39 is 29.5 Å². The average molecular weight is 495 g/mol. The molecule has 0 radical (unpaired) electrons. The van der Waals surface area contributed by atoms with Crippen LogP contribution in [0.3, 0.4) is 0 Å². The second-order valence-electron chi connectivity index (χ2n) is 6.84. The van der Waals surface area contributed by atoms with Crippen molar-refractivity contribution in [2.75, 3.05) is 17.2 Å². The number of unbranched alkanes of at least 4 members (excludes halogenated alkanes) is 1. The van der Waals surface area contributed by atoms with Crippen molar-refractivity contribution in [3.8, 4) is 0 Å². The molecule has 0 aliphatic carbocycles. The molecule has 0 aliphatic rings. The maximum atomic E-state index is 13.1. The number of benzene rings is 2. The number of halogens is 3. The van der Waals surface area contributed by atoms with E-state index in [9.17, 15) is 23.2 Å². The average Bonchev–Trinajstić information content (AvgIpc) is 3.26. The van der Waals surface area contributed by atoms with Crippen molar-refractivity contribution in [3.05, 3.63) is 75.9 Å². The Kier molecular flexibility index (Phi) is 9.50. The molecule has 0 saturated carbocycles. The predicted molar refractivity (Wildman–Crippen MR) is 122 cm³/mol. The molecule has 5 N–H and O–H groups in total. The van der Waals surface area contributed by atoms with Crippen molar-refractivity contribution in [2.45, 2.75) is 19.8 Å². The molecule has 0 bridgehead atoms. The quantitative estimate of drug-likeness (QED) is 0.221. The lowest BCUT2D eigenvalue weighted by Crippen LogP contribution is -2.13. The van der Waals surface area contributed by atoms with Crippen LogP contribution in [0.25, 0.3) is 0 Å². The van der Waals surface area contributed by atoms with Crippen LogP contribution in [0.5, 0.6) is 0 Å². The zero-order valence-electron chi connectivity index (χ0n) is 17.9. The summed E-state index contributed by atoms with van der Waals surface area (Å²) >= 11 is 5.63. The minimum atomic E-state index is -1.26. The summed E-state index contributed by atoms with van der Waals surface area (Å²) in [6.45, 7) is 3.07. The van der Waals surface area contributed by atoms with E-state index in [-0.39, 0.29) is 22.1 Å². The fraction of sp³-hybridized carbons (Fsp3) is 0.182. The molecule has 2 aromatic carbocycles. The summed E-state index contributed by atoms with van der Waals surface area (Å²) in [4.78, 5) is 33.0. The summed E-state index contributed by atoms with van der Waals surface area (Å²) in [5, 5.41) is 28.2. The Labute approximate surface area is 197 Å². The largest absolute Gasteiger partial charge is 0.478 e. The Bertz CT molecular complexity index is 1170. The van der Waals surface area contributed by atoms with E-state index in [1.165, 1.54) is 0 Å². The van der Waals surface area contributed by atoms with Crippen LogP contribution in [0.1, 0.15) is 51.0 Å². The van der Waals surface area contributed by atoms with Crippen LogP contribution in [-0.2, 0) is 0 Å². The third-order valence-corrected chi connectivity index (χ3v) is 4.61. The van der Waals surface area contributed by atoms with Crippen molar-refractivity contribution in [1.29, 1.82) is 0 Å². The molecule has 1 heterocycles. The predicted octanol–water partition coefficient (Wildman–Crippen LogP) is 4.89. The van der Waals surface area contributed by atoms with E-state index in [1.54, 1.807) is 24.3 Å². The summed E-state index contributed by atoms with van der Waals surface area (Å²) in [5.41, 5.74) is 0.761. The van der Waals surface area contributed by atoms with E-state index in [0.717, 1.165) is 31.1 Å². The number of carboxylic acid groups (broad SMARTS) is 2. The van der Waals surface area contributed by atoms with Crippen LogP contribution in [0.2, 0.25) is 5.02 Å². The Morgan fingerprint density at radius 2 is 1.68 bits per heavy atom. The number of H-pyrrole nitrogens is 1. The van der Waals surface area contributed by atoms with Gasteiger partial charge in [0, 0.05) is 18.3 Å². The SMILES string of the molecule is CCCCNc1ccc(C(=O)O)cc1.O=C(O)c1cc(NC(=O)c2cc(F)c(F)cc2Cl)n[nH]1. The molecule has 3 aromatic rings. The molecule has 180 valence electrons. The van der Waals surface area contributed by atoms with Crippen molar-refractivity contribution in [2.24, 2.45) is 0 Å². The van der Waals surface area contributed by atoms with Gasteiger partial charge in [0.2, 0.25) is 0 Å². The lowest BCUT2D eigenvalue weighted by atomic mass is 10.2. The summed E-state index contributed by atoms with van der Waals surface area (Å²) in [7, 11) is 0. The Balaban J connectivity index is 0.000000257. The van der Waals surface area contributed by atoms with Crippen LogP contribution in [0, 0.1) is 11.6 Å². The van der Waals surface area contributed by atoms with Gasteiger partial charge in [0.15, 0.2) is 17.5 Å². The molecular weight excluding hydrogens is 474 g/mol. The number of amides is 1. The van der Waals surface area contributed by atoms with Gasteiger partial charge in [-0.15, -0.1) is 0 Å². The Hall–Kier alpha value is -3.99. The maximum Gasteiger partial charge on any atom is 0.353 e. The fourth-order valence-corrected chi connectivity index (χ4v) is 2.75. The number of aromatic amines is 1. The molecule has 9 nitrogen and oxygen atoms in total. The first-order valence-corrected chi connectivity index (χ1v) is 10.3. The molecule has 0 spiro atoms. The maximum absolute atomic E-state index is 13.1.